The highest BCUT2D eigenvalue weighted by Crippen LogP contribution is 2.43. The van der Waals surface area contributed by atoms with Crippen molar-refractivity contribution in [2.45, 2.75) is 32.4 Å². The van der Waals surface area contributed by atoms with Crippen LogP contribution in [-0.2, 0) is 12.8 Å². The van der Waals surface area contributed by atoms with E-state index in [4.69, 9.17) is 4.74 Å². The average molecular weight is 340 g/mol. The van der Waals surface area contributed by atoms with E-state index in [0.29, 0.717) is 29.7 Å². The number of carbonyl (C=O) groups is 2. The van der Waals surface area contributed by atoms with Gasteiger partial charge in [-0.15, -0.1) is 0 Å². The molecule has 2 aromatic carbocycles. The first kappa shape index (κ1) is 15.8. The van der Waals surface area contributed by atoms with E-state index in [1.165, 1.54) is 7.11 Å². The number of halogens is 1. The zero-order chi connectivity index (χ0) is 17.9. The van der Waals surface area contributed by atoms with Gasteiger partial charge < -0.3 is 9.84 Å². The first-order valence-electron chi connectivity index (χ1n) is 8.23. The van der Waals surface area contributed by atoms with E-state index in [-0.39, 0.29) is 40.2 Å². The highest BCUT2D eigenvalue weighted by molar-refractivity contribution is 6.31. The van der Waals surface area contributed by atoms with Gasteiger partial charge in [0, 0.05) is 23.1 Å². The molecule has 0 fully saturated rings. The molecule has 0 heterocycles. The van der Waals surface area contributed by atoms with Crippen LogP contribution in [0.3, 0.4) is 0 Å². The second kappa shape index (κ2) is 5.41. The van der Waals surface area contributed by atoms with Gasteiger partial charge in [-0.3, -0.25) is 9.59 Å². The van der Waals surface area contributed by atoms with Crippen LogP contribution in [0, 0.1) is 6.92 Å². The summed E-state index contributed by atoms with van der Waals surface area (Å²) < 4.78 is 19.1. The van der Waals surface area contributed by atoms with E-state index in [2.05, 4.69) is 0 Å². The number of carbonyl (C=O) groups excluding carboxylic acids is 2. The van der Waals surface area contributed by atoms with Crippen LogP contribution in [0.5, 0.6) is 11.5 Å². The number of alkyl halides is 1. The molecule has 2 aromatic rings. The summed E-state index contributed by atoms with van der Waals surface area (Å²) in [5.74, 6) is -0.667. The molecule has 2 aliphatic carbocycles. The maximum Gasteiger partial charge on any atom is 0.198 e. The molecular weight excluding hydrogens is 323 g/mol. The molecule has 4 nitrogen and oxygen atoms in total. The summed E-state index contributed by atoms with van der Waals surface area (Å²) in [4.78, 5) is 26.1. The molecule has 4 rings (SSSR count). The lowest BCUT2D eigenvalue weighted by atomic mass is 9.75. The Bertz CT molecular complexity index is 945. The summed E-state index contributed by atoms with van der Waals surface area (Å²) in [5.41, 5.74) is 2.55. The summed E-state index contributed by atoms with van der Waals surface area (Å²) >= 11 is 0. The van der Waals surface area contributed by atoms with Gasteiger partial charge >= 0.3 is 0 Å². The summed E-state index contributed by atoms with van der Waals surface area (Å²) in [7, 11) is 1.45. The van der Waals surface area contributed by atoms with Gasteiger partial charge in [-0.1, -0.05) is 12.1 Å². The summed E-state index contributed by atoms with van der Waals surface area (Å²) in [6.45, 7) is 1.77. The molecule has 0 amide bonds. The van der Waals surface area contributed by atoms with Gasteiger partial charge in [-0.2, -0.15) is 0 Å². The van der Waals surface area contributed by atoms with Crippen molar-refractivity contribution in [1.29, 1.82) is 0 Å². The Balaban J connectivity index is 2.05. The number of ether oxygens (including phenoxy) is 1. The molecule has 1 atom stereocenters. The Morgan fingerprint density at radius 2 is 1.88 bits per heavy atom. The Morgan fingerprint density at radius 3 is 2.60 bits per heavy atom. The molecule has 0 unspecified atom stereocenters. The number of ketones is 2. The first-order chi connectivity index (χ1) is 12.0. The summed E-state index contributed by atoms with van der Waals surface area (Å²) in [6, 6.07) is 4.82. The van der Waals surface area contributed by atoms with Gasteiger partial charge in [0.1, 0.15) is 17.7 Å². The quantitative estimate of drug-likeness (QED) is 0.738. The van der Waals surface area contributed by atoms with Crippen LogP contribution in [0.15, 0.2) is 18.2 Å². The number of hydrogen-bond acceptors (Lipinski definition) is 4. The van der Waals surface area contributed by atoms with Gasteiger partial charge in [0.15, 0.2) is 11.6 Å². The Morgan fingerprint density at radius 1 is 1.12 bits per heavy atom. The largest absolute Gasteiger partial charge is 0.507 e. The van der Waals surface area contributed by atoms with E-state index in [1.807, 2.05) is 0 Å². The number of rotatable bonds is 1. The van der Waals surface area contributed by atoms with Crippen LogP contribution in [0.25, 0.3) is 0 Å². The third-order valence-corrected chi connectivity index (χ3v) is 5.27. The molecule has 25 heavy (non-hydrogen) atoms. The van der Waals surface area contributed by atoms with Crippen LogP contribution >= 0.6 is 0 Å². The first-order valence-corrected chi connectivity index (χ1v) is 8.23. The van der Waals surface area contributed by atoms with E-state index >= 15 is 0 Å². The predicted molar refractivity (Wildman–Crippen MR) is 89.6 cm³/mol. The normalized spacial score (nSPS) is 18.4. The number of methoxy groups -OCH3 is 1. The predicted octanol–water partition coefficient (Wildman–Crippen LogP) is 3.31. The van der Waals surface area contributed by atoms with Crippen LogP contribution in [0.2, 0.25) is 0 Å². The fraction of sp³-hybridized carbons (Fsp3) is 0.300. The summed E-state index contributed by atoms with van der Waals surface area (Å²) in [6.07, 6.45) is -0.170. The van der Waals surface area contributed by atoms with E-state index in [1.54, 1.807) is 25.1 Å². The van der Waals surface area contributed by atoms with Crippen molar-refractivity contribution >= 4 is 11.6 Å². The second-order valence-electron chi connectivity index (χ2n) is 6.56. The molecule has 1 N–H and O–H groups in total. The minimum Gasteiger partial charge on any atom is -0.507 e. The Hall–Kier alpha value is -2.69. The van der Waals surface area contributed by atoms with Crippen LogP contribution in [0.1, 0.15) is 55.0 Å². The molecule has 5 heteroatoms. The zero-order valence-corrected chi connectivity index (χ0v) is 14.0. The minimum absolute atomic E-state index is 0.00361. The zero-order valence-electron chi connectivity index (χ0n) is 14.0. The van der Waals surface area contributed by atoms with Gasteiger partial charge in [-0.25, -0.2) is 4.39 Å². The van der Waals surface area contributed by atoms with E-state index < -0.39 is 12.0 Å². The lowest BCUT2D eigenvalue weighted by Crippen LogP contribution is -2.26. The fourth-order valence-electron chi connectivity index (χ4n) is 4.05. The van der Waals surface area contributed by atoms with Crippen molar-refractivity contribution in [2.75, 3.05) is 7.11 Å². The standard InChI is InChI=1S/C20H17FO4/c1-9-11-7-6-10(21)8-13(11)19(23)17-15(9)20(24)16-12(18(17)22)4-3-5-14(16)25-2/h3-5,10,23H,6-8H2,1-2H3/t10-/m0/s1. The van der Waals surface area contributed by atoms with Crippen LogP contribution in [0.4, 0.5) is 4.39 Å². The number of phenolic OH excluding ortho intramolecular Hbond substituents is 1. The molecule has 0 bridgehead atoms. The van der Waals surface area contributed by atoms with Crippen LogP contribution in [-0.4, -0.2) is 30.0 Å². The molecule has 0 aliphatic heterocycles. The average Bonchev–Trinajstić information content (AvgIpc) is 2.61. The SMILES string of the molecule is COc1cccc2c1C(=O)c1c(C)c3c(c(O)c1C2=O)C[C@@H](F)CC3. The van der Waals surface area contributed by atoms with Crippen molar-refractivity contribution in [3.63, 3.8) is 0 Å². The molecule has 2 aliphatic rings. The monoisotopic (exact) mass is 340 g/mol. The number of phenols is 1. The lowest BCUT2D eigenvalue weighted by Gasteiger charge is -2.28. The van der Waals surface area contributed by atoms with E-state index in [9.17, 15) is 19.1 Å². The summed E-state index contributed by atoms with van der Waals surface area (Å²) in [5, 5.41) is 10.7. The molecule has 0 saturated carbocycles. The van der Waals surface area contributed by atoms with Gasteiger partial charge in [-0.05, 0) is 37.0 Å². The molecule has 128 valence electrons. The third kappa shape index (κ3) is 2.05. The fourth-order valence-corrected chi connectivity index (χ4v) is 4.05. The number of benzene rings is 2. The molecule has 0 aromatic heterocycles. The van der Waals surface area contributed by atoms with Crippen molar-refractivity contribution < 1.29 is 23.8 Å². The van der Waals surface area contributed by atoms with E-state index in [0.717, 1.165) is 5.56 Å². The van der Waals surface area contributed by atoms with Crippen molar-refractivity contribution in [2.24, 2.45) is 0 Å². The van der Waals surface area contributed by atoms with Crippen molar-refractivity contribution in [3.05, 3.63) is 57.1 Å². The van der Waals surface area contributed by atoms with Gasteiger partial charge in [0.25, 0.3) is 0 Å². The molecular formula is C20H17FO4. The highest BCUT2D eigenvalue weighted by atomic mass is 19.1. The number of fused-ring (bicyclic) bond motifs is 3. The third-order valence-electron chi connectivity index (χ3n) is 5.27. The molecule has 0 radical (unpaired) electrons. The Kier molecular flexibility index (Phi) is 3.42. The number of aromatic hydroxyl groups is 1. The van der Waals surface area contributed by atoms with Crippen molar-refractivity contribution in [1.82, 2.24) is 0 Å². The maximum atomic E-state index is 13.8. The topological polar surface area (TPSA) is 63.6 Å². The van der Waals surface area contributed by atoms with Crippen molar-refractivity contribution in [3.8, 4) is 11.5 Å². The van der Waals surface area contributed by atoms with Gasteiger partial charge in [0.05, 0.1) is 18.2 Å². The molecule has 0 saturated heterocycles. The highest BCUT2D eigenvalue weighted by Gasteiger charge is 2.39. The smallest absolute Gasteiger partial charge is 0.198 e. The molecule has 0 spiro atoms. The van der Waals surface area contributed by atoms with Crippen LogP contribution < -0.4 is 4.74 Å². The second-order valence-corrected chi connectivity index (χ2v) is 6.56. The maximum absolute atomic E-state index is 13.8. The minimum atomic E-state index is -1.04. The van der Waals surface area contributed by atoms with Gasteiger partial charge in [0.2, 0.25) is 0 Å². The lowest BCUT2D eigenvalue weighted by molar-refractivity contribution is 0.0973. The Labute approximate surface area is 144 Å². The number of hydrogen-bond donors (Lipinski definition) is 1.